The van der Waals surface area contributed by atoms with E-state index in [0.29, 0.717) is 5.56 Å². The number of allylic oxidation sites excluding steroid dienone is 1. The molecule has 0 radical (unpaired) electrons. The van der Waals surface area contributed by atoms with E-state index in [4.69, 9.17) is 0 Å². The highest BCUT2D eigenvalue weighted by atomic mass is 32.2. The molecule has 2 heteroatoms. The molecule has 0 spiro atoms. The molecule has 1 aliphatic heterocycles. The van der Waals surface area contributed by atoms with E-state index in [1.807, 2.05) is 72.8 Å². The summed E-state index contributed by atoms with van der Waals surface area (Å²) in [5, 5.41) is 0. The highest BCUT2D eigenvalue weighted by Crippen LogP contribution is 2.48. The molecule has 4 aromatic rings. The normalized spacial score (nSPS) is 12.1. The molecule has 0 bridgehead atoms. The van der Waals surface area contributed by atoms with Gasteiger partial charge in [-0.3, -0.25) is 4.79 Å². The lowest BCUT2D eigenvalue weighted by Crippen LogP contribution is -2.09. The minimum absolute atomic E-state index is 0.0447. The maximum atomic E-state index is 13.8. The highest BCUT2D eigenvalue weighted by Gasteiger charge is 2.27. The van der Waals surface area contributed by atoms with Crippen LogP contribution < -0.4 is 0 Å². The average molecular weight is 391 g/mol. The second-order valence-corrected chi connectivity index (χ2v) is 7.99. The summed E-state index contributed by atoms with van der Waals surface area (Å²) in [7, 11) is 0. The molecule has 4 aromatic carbocycles. The van der Waals surface area contributed by atoms with Gasteiger partial charge in [-0.15, -0.1) is 0 Å². The molecule has 0 unspecified atom stereocenters. The van der Waals surface area contributed by atoms with Crippen molar-refractivity contribution < 1.29 is 4.79 Å². The maximum Gasteiger partial charge on any atom is 0.194 e. The monoisotopic (exact) mass is 390 g/mol. The van der Waals surface area contributed by atoms with Crippen LogP contribution in [-0.4, -0.2) is 5.78 Å². The van der Waals surface area contributed by atoms with Gasteiger partial charge < -0.3 is 0 Å². The van der Waals surface area contributed by atoms with Gasteiger partial charge in [0.15, 0.2) is 5.78 Å². The summed E-state index contributed by atoms with van der Waals surface area (Å²) in [4.78, 5) is 16.2. The van der Waals surface area contributed by atoms with E-state index >= 15 is 0 Å². The predicted molar refractivity (Wildman–Crippen MR) is 120 cm³/mol. The van der Waals surface area contributed by atoms with Crippen molar-refractivity contribution in [1.29, 1.82) is 0 Å². The van der Waals surface area contributed by atoms with E-state index < -0.39 is 0 Å². The molecule has 0 aromatic heterocycles. The van der Waals surface area contributed by atoms with Gasteiger partial charge in [0, 0.05) is 26.5 Å². The Kier molecular flexibility index (Phi) is 4.63. The van der Waals surface area contributed by atoms with Crippen LogP contribution in [0.25, 0.3) is 11.1 Å². The van der Waals surface area contributed by atoms with Crippen LogP contribution in [-0.2, 0) is 0 Å². The van der Waals surface area contributed by atoms with Crippen molar-refractivity contribution in [3.8, 4) is 0 Å². The summed E-state index contributed by atoms with van der Waals surface area (Å²) in [5.41, 5.74) is 5.62. The molecule has 0 atom stereocenters. The summed E-state index contributed by atoms with van der Waals surface area (Å²) >= 11 is 1.76. The summed E-state index contributed by atoms with van der Waals surface area (Å²) in [5.74, 6) is 0.0447. The van der Waals surface area contributed by atoms with Gasteiger partial charge in [0.1, 0.15) is 0 Å². The summed E-state index contributed by atoms with van der Waals surface area (Å²) < 4.78 is 0. The van der Waals surface area contributed by atoms with Crippen LogP contribution in [0.15, 0.2) is 119 Å². The SMILES string of the molecule is O=C(C(=C1c2ccccc2Sc2ccccc21)c1ccccc1)c1ccccc1. The number of carbonyl (C=O) groups excluding carboxylic acids is 1. The molecule has 0 saturated heterocycles. The maximum absolute atomic E-state index is 13.8. The molecule has 0 amide bonds. The van der Waals surface area contributed by atoms with Gasteiger partial charge in [0.2, 0.25) is 0 Å². The molecule has 0 aliphatic carbocycles. The molecule has 29 heavy (non-hydrogen) atoms. The van der Waals surface area contributed by atoms with Crippen molar-refractivity contribution >= 4 is 28.7 Å². The van der Waals surface area contributed by atoms with Gasteiger partial charge in [-0.1, -0.05) is 109 Å². The first kappa shape index (κ1) is 17.7. The van der Waals surface area contributed by atoms with Crippen molar-refractivity contribution in [3.63, 3.8) is 0 Å². The molecular weight excluding hydrogens is 372 g/mol. The van der Waals surface area contributed by atoms with E-state index in [-0.39, 0.29) is 5.78 Å². The number of ketones is 1. The fraction of sp³-hybridized carbons (Fsp3) is 0. The van der Waals surface area contributed by atoms with Crippen LogP contribution in [0, 0.1) is 0 Å². The lowest BCUT2D eigenvalue weighted by atomic mass is 9.85. The molecule has 1 aliphatic rings. The quantitative estimate of drug-likeness (QED) is 0.244. The summed E-state index contributed by atoms with van der Waals surface area (Å²) in [6.07, 6.45) is 0. The Labute approximate surface area is 174 Å². The second-order valence-electron chi connectivity index (χ2n) is 6.91. The van der Waals surface area contributed by atoms with Crippen LogP contribution in [0.1, 0.15) is 27.0 Å². The van der Waals surface area contributed by atoms with E-state index in [0.717, 1.165) is 27.8 Å². The molecule has 0 fully saturated rings. The minimum Gasteiger partial charge on any atom is -0.289 e. The number of benzene rings is 4. The third kappa shape index (κ3) is 3.22. The van der Waals surface area contributed by atoms with Crippen LogP contribution in [0.2, 0.25) is 0 Å². The van der Waals surface area contributed by atoms with Crippen LogP contribution >= 0.6 is 11.8 Å². The van der Waals surface area contributed by atoms with Gasteiger partial charge in [0.25, 0.3) is 0 Å². The lowest BCUT2D eigenvalue weighted by Gasteiger charge is -2.25. The molecule has 1 nitrogen and oxygen atoms in total. The number of Topliss-reactive ketones (excluding diaryl/α,β-unsaturated/α-hetero) is 1. The van der Waals surface area contributed by atoms with Gasteiger partial charge in [0.05, 0.1) is 0 Å². The zero-order valence-electron chi connectivity index (χ0n) is 15.7. The first-order chi connectivity index (χ1) is 14.3. The summed E-state index contributed by atoms with van der Waals surface area (Å²) in [6, 6.07) is 36.3. The third-order valence-electron chi connectivity index (χ3n) is 5.11. The Morgan fingerprint density at radius 3 is 1.52 bits per heavy atom. The Balaban J connectivity index is 1.87. The molecule has 0 saturated carbocycles. The zero-order chi connectivity index (χ0) is 19.6. The van der Waals surface area contributed by atoms with Crippen molar-refractivity contribution in [1.82, 2.24) is 0 Å². The molecular formula is C27H18OS. The zero-order valence-corrected chi connectivity index (χ0v) is 16.5. The smallest absolute Gasteiger partial charge is 0.194 e. The number of fused-ring (bicyclic) bond motifs is 2. The average Bonchev–Trinajstić information content (AvgIpc) is 2.80. The van der Waals surface area contributed by atoms with Gasteiger partial charge in [-0.05, 0) is 28.8 Å². The van der Waals surface area contributed by atoms with Crippen LogP contribution in [0.5, 0.6) is 0 Å². The largest absolute Gasteiger partial charge is 0.289 e. The first-order valence-electron chi connectivity index (χ1n) is 9.59. The Morgan fingerprint density at radius 1 is 0.517 bits per heavy atom. The van der Waals surface area contributed by atoms with Crippen molar-refractivity contribution in [2.24, 2.45) is 0 Å². The fourth-order valence-electron chi connectivity index (χ4n) is 3.78. The highest BCUT2D eigenvalue weighted by molar-refractivity contribution is 7.99. The van der Waals surface area contributed by atoms with E-state index in [9.17, 15) is 4.79 Å². The standard InChI is InChI=1S/C27H18OS/c28-27(20-13-5-2-6-14-20)25(19-11-3-1-4-12-19)26-21-15-7-9-17-23(21)29-24-18-10-8-16-22(24)26/h1-18H. The van der Waals surface area contributed by atoms with Crippen LogP contribution in [0.4, 0.5) is 0 Å². The fourth-order valence-corrected chi connectivity index (χ4v) is 4.88. The van der Waals surface area contributed by atoms with Gasteiger partial charge >= 0.3 is 0 Å². The predicted octanol–water partition coefficient (Wildman–Crippen LogP) is 6.99. The first-order valence-corrected chi connectivity index (χ1v) is 10.4. The number of hydrogen-bond acceptors (Lipinski definition) is 2. The van der Waals surface area contributed by atoms with Crippen molar-refractivity contribution in [2.75, 3.05) is 0 Å². The topological polar surface area (TPSA) is 17.1 Å². The molecule has 0 N–H and O–H groups in total. The van der Waals surface area contributed by atoms with Gasteiger partial charge in [-0.2, -0.15) is 0 Å². The third-order valence-corrected chi connectivity index (χ3v) is 6.26. The van der Waals surface area contributed by atoms with E-state index in [2.05, 4.69) is 36.4 Å². The Hall–Kier alpha value is -3.36. The lowest BCUT2D eigenvalue weighted by molar-refractivity contribution is 0.105. The summed E-state index contributed by atoms with van der Waals surface area (Å²) in [6.45, 7) is 0. The molecule has 1 heterocycles. The van der Waals surface area contributed by atoms with E-state index in [1.165, 1.54) is 9.79 Å². The van der Waals surface area contributed by atoms with Crippen LogP contribution in [0.3, 0.4) is 0 Å². The van der Waals surface area contributed by atoms with E-state index in [1.54, 1.807) is 11.8 Å². The van der Waals surface area contributed by atoms with Crippen molar-refractivity contribution in [2.45, 2.75) is 9.79 Å². The Bertz CT molecular complexity index is 1180. The Morgan fingerprint density at radius 2 is 0.966 bits per heavy atom. The minimum atomic E-state index is 0.0447. The number of carbonyl (C=O) groups is 1. The second kappa shape index (κ2) is 7.57. The number of rotatable bonds is 3. The van der Waals surface area contributed by atoms with Crippen molar-refractivity contribution in [3.05, 3.63) is 131 Å². The van der Waals surface area contributed by atoms with Gasteiger partial charge in [-0.25, -0.2) is 0 Å². The molecule has 138 valence electrons. The number of hydrogen-bond donors (Lipinski definition) is 0. The molecule has 5 rings (SSSR count).